The molecule has 1 N–H and O–H groups in total. The van der Waals surface area contributed by atoms with Gasteiger partial charge in [-0.05, 0) is 74.4 Å². The fraction of sp³-hybridized carbons (Fsp3) is 0.647. The van der Waals surface area contributed by atoms with Crippen molar-refractivity contribution >= 4 is 0 Å². The monoisotopic (exact) mass is 263 g/mol. The van der Waals surface area contributed by atoms with Crippen LogP contribution in [0, 0.1) is 25.6 Å². The lowest BCUT2D eigenvalue weighted by atomic mass is 9.86. The molecule has 0 saturated heterocycles. The molecule has 2 rings (SSSR count). The predicted octanol–water partition coefficient (Wildman–Crippen LogP) is 4.67. The summed E-state index contributed by atoms with van der Waals surface area (Å²) in [7, 11) is 0. The minimum Gasteiger partial charge on any atom is -0.310 e. The topological polar surface area (TPSA) is 12.0 Å². The number of hydrogen-bond donors (Lipinski definition) is 1. The maximum Gasteiger partial charge on any atom is 0.123 e. The molecular weight excluding hydrogens is 237 g/mol. The van der Waals surface area contributed by atoms with Crippen molar-refractivity contribution in [3.05, 3.63) is 34.6 Å². The van der Waals surface area contributed by atoms with Crippen molar-refractivity contribution in [3.63, 3.8) is 0 Å². The molecule has 1 fully saturated rings. The fourth-order valence-electron chi connectivity index (χ4n) is 3.51. The highest BCUT2D eigenvalue weighted by molar-refractivity contribution is 5.37. The second kappa shape index (κ2) is 6.51. The van der Waals surface area contributed by atoms with Gasteiger partial charge in [0, 0.05) is 6.04 Å². The molecule has 0 aromatic heterocycles. The first-order valence-electron chi connectivity index (χ1n) is 7.63. The van der Waals surface area contributed by atoms with Crippen molar-refractivity contribution in [2.45, 2.75) is 58.9 Å². The van der Waals surface area contributed by atoms with Crippen LogP contribution in [0.2, 0.25) is 0 Å². The Balaban J connectivity index is 2.31. The second-order valence-electron chi connectivity index (χ2n) is 5.93. The quantitative estimate of drug-likeness (QED) is 0.813. The Hall–Kier alpha value is -0.890. The van der Waals surface area contributed by atoms with Gasteiger partial charge in [-0.2, -0.15) is 0 Å². The lowest BCUT2D eigenvalue weighted by molar-refractivity contribution is 0.365. The van der Waals surface area contributed by atoms with Gasteiger partial charge < -0.3 is 5.32 Å². The zero-order valence-electron chi connectivity index (χ0n) is 12.4. The van der Waals surface area contributed by atoms with E-state index in [0.29, 0.717) is 6.04 Å². The molecule has 1 aromatic rings. The molecule has 1 saturated carbocycles. The normalized spacial score (nSPS) is 17.9. The molecule has 0 radical (unpaired) electrons. The van der Waals surface area contributed by atoms with Gasteiger partial charge in [0.1, 0.15) is 5.82 Å². The van der Waals surface area contributed by atoms with E-state index in [1.807, 2.05) is 13.8 Å². The summed E-state index contributed by atoms with van der Waals surface area (Å²) in [6, 6.07) is 3.76. The Kier molecular flexibility index (Phi) is 4.98. The van der Waals surface area contributed by atoms with Gasteiger partial charge in [0.2, 0.25) is 0 Å². The van der Waals surface area contributed by atoms with Crippen LogP contribution in [0.1, 0.15) is 61.8 Å². The molecule has 0 spiro atoms. The minimum absolute atomic E-state index is 0.112. The third kappa shape index (κ3) is 3.36. The Morgan fingerprint density at radius 1 is 1.21 bits per heavy atom. The van der Waals surface area contributed by atoms with Crippen LogP contribution >= 0.6 is 0 Å². The lowest BCUT2D eigenvalue weighted by Gasteiger charge is -2.28. The zero-order chi connectivity index (χ0) is 13.8. The lowest BCUT2D eigenvalue weighted by Crippen LogP contribution is -2.29. The minimum atomic E-state index is -0.112. The van der Waals surface area contributed by atoms with Crippen molar-refractivity contribution in [2.24, 2.45) is 5.92 Å². The Bertz CT molecular complexity index is 398. The average molecular weight is 263 g/mol. The number of benzene rings is 1. The van der Waals surface area contributed by atoms with E-state index in [4.69, 9.17) is 0 Å². The molecule has 1 atom stereocenters. The SMILES string of the molecule is CCCNC(c1c(C)cc(F)cc1C)C1CCCC1. The van der Waals surface area contributed by atoms with Gasteiger partial charge in [-0.25, -0.2) is 4.39 Å². The van der Waals surface area contributed by atoms with Crippen molar-refractivity contribution in [1.29, 1.82) is 0 Å². The highest BCUT2D eigenvalue weighted by atomic mass is 19.1. The predicted molar refractivity (Wildman–Crippen MR) is 78.9 cm³/mol. The van der Waals surface area contributed by atoms with Gasteiger partial charge in [-0.3, -0.25) is 0 Å². The van der Waals surface area contributed by atoms with Crippen molar-refractivity contribution in [2.75, 3.05) is 6.54 Å². The molecular formula is C17H26FN. The summed E-state index contributed by atoms with van der Waals surface area (Å²) in [5.41, 5.74) is 3.53. The van der Waals surface area contributed by atoms with Crippen LogP contribution in [-0.2, 0) is 0 Å². The Morgan fingerprint density at radius 2 is 1.79 bits per heavy atom. The average Bonchev–Trinajstić information content (AvgIpc) is 2.85. The number of aryl methyl sites for hydroxylation is 2. The van der Waals surface area contributed by atoms with Gasteiger partial charge in [-0.1, -0.05) is 19.8 Å². The molecule has 1 aromatic carbocycles. The summed E-state index contributed by atoms with van der Waals surface area (Å²) >= 11 is 0. The smallest absolute Gasteiger partial charge is 0.123 e. The van der Waals surface area contributed by atoms with Crippen molar-refractivity contribution in [1.82, 2.24) is 5.32 Å². The number of halogens is 1. The van der Waals surface area contributed by atoms with E-state index < -0.39 is 0 Å². The van der Waals surface area contributed by atoms with Crippen LogP contribution in [0.5, 0.6) is 0 Å². The molecule has 0 bridgehead atoms. The Labute approximate surface area is 116 Å². The first-order valence-corrected chi connectivity index (χ1v) is 7.63. The van der Waals surface area contributed by atoms with Crippen LogP contribution in [0.25, 0.3) is 0 Å². The zero-order valence-corrected chi connectivity index (χ0v) is 12.4. The highest BCUT2D eigenvalue weighted by Gasteiger charge is 2.28. The van der Waals surface area contributed by atoms with Gasteiger partial charge in [0.25, 0.3) is 0 Å². The second-order valence-corrected chi connectivity index (χ2v) is 5.93. The van der Waals surface area contributed by atoms with Crippen LogP contribution in [-0.4, -0.2) is 6.54 Å². The molecule has 1 aliphatic carbocycles. The summed E-state index contributed by atoms with van der Waals surface area (Å²) in [5, 5.41) is 3.71. The summed E-state index contributed by atoms with van der Waals surface area (Å²) in [5.74, 6) is 0.605. The summed E-state index contributed by atoms with van der Waals surface area (Å²) in [6.45, 7) is 7.32. The van der Waals surface area contributed by atoms with Crippen molar-refractivity contribution in [3.8, 4) is 0 Å². The van der Waals surface area contributed by atoms with E-state index >= 15 is 0 Å². The van der Waals surface area contributed by atoms with E-state index in [0.717, 1.165) is 30.0 Å². The summed E-state index contributed by atoms with van der Waals surface area (Å²) < 4.78 is 13.5. The van der Waals surface area contributed by atoms with Crippen molar-refractivity contribution < 1.29 is 4.39 Å². The summed E-state index contributed by atoms with van der Waals surface area (Å²) in [4.78, 5) is 0. The van der Waals surface area contributed by atoms with Gasteiger partial charge >= 0.3 is 0 Å². The van der Waals surface area contributed by atoms with Gasteiger partial charge in [0.15, 0.2) is 0 Å². The molecule has 1 unspecified atom stereocenters. The molecule has 2 heteroatoms. The van der Waals surface area contributed by atoms with E-state index in [9.17, 15) is 4.39 Å². The van der Waals surface area contributed by atoms with E-state index in [1.54, 1.807) is 12.1 Å². The van der Waals surface area contributed by atoms with Crippen LogP contribution < -0.4 is 5.32 Å². The summed E-state index contributed by atoms with van der Waals surface area (Å²) in [6.07, 6.45) is 6.43. The van der Waals surface area contributed by atoms with Crippen LogP contribution in [0.3, 0.4) is 0 Å². The highest BCUT2D eigenvalue weighted by Crippen LogP contribution is 2.38. The molecule has 0 aliphatic heterocycles. The van der Waals surface area contributed by atoms with E-state index in [-0.39, 0.29) is 5.82 Å². The number of rotatable bonds is 5. The standard InChI is InChI=1S/C17H26FN/c1-4-9-19-17(14-7-5-6-8-14)16-12(2)10-15(18)11-13(16)3/h10-11,14,17,19H,4-9H2,1-3H3. The molecule has 0 heterocycles. The largest absolute Gasteiger partial charge is 0.310 e. The van der Waals surface area contributed by atoms with Crippen LogP contribution in [0.15, 0.2) is 12.1 Å². The third-order valence-corrected chi connectivity index (χ3v) is 4.35. The van der Waals surface area contributed by atoms with Gasteiger partial charge in [0.05, 0.1) is 0 Å². The van der Waals surface area contributed by atoms with Gasteiger partial charge in [-0.15, -0.1) is 0 Å². The molecule has 0 amide bonds. The molecule has 1 aliphatic rings. The first kappa shape index (κ1) is 14.5. The number of nitrogens with one attached hydrogen (secondary N) is 1. The maximum absolute atomic E-state index is 13.5. The van der Waals surface area contributed by atoms with Crippen LogP contribution in [0.4, 0.5) is 4.39 Å². The molecule has 19 heavy (non-hydrogen) atoms. The first-order chi connectivity index (χ1) is 9.13. The number of hydrogen-bond acceptors (Lipinski definition) is 1. The van der Waals surface area contributed by atoms with E-state index in [2.05, 4.69) is 12.2 Å². The molecule has 1 nitrogen and oxygen atoms in total. The van der Waals surface area contributed by atoms with E-state index in [1.165, 1.54) is 31.2 Å². The fourth-order valence-corrected chi connectivity index (χ4v) is 3.51. The Morgan fingerprint density at radius 3 is 2.32 bits per heavy atom. The maximum atomic E-state index is 13.5. The molecule has 106 valence electrons. The third-order valence-electron chi connectivity index (χ3n) is 4.35.